The number of hydrogen-bond donors (Lipinski definition) is 0. The second-order valence-corrected chi connectivity index (χ2v) is 8.06. The van der Waals surface area contributed by atoms with E-state index in [0.717, 1.165) is 47.8 Å². The van der Waals surface area contributed by atoms with Crippen LogP contribution in [0.15, 0.2) is 36.7 Å². The van der Waals surface area contributed by atoms with Crippen LogP contribution in [0.2, 0.25) is 0 Å². The molecular formula is C20H23N3O2S. The summed E-state index contributed by atoms with van der Waals surface area (Å²) in [7, 11) is 1.84. The second kappa shape index (κ2) is 7.29. The predicted molar refractivity (Wildman–Crippen MR) is 106 cm³/mol. The smallest absolute Gasteiger partial charge is 0.227 e. The number of rotatable bonds is 5. The first-order valence-corrected chi connectivity index (χ1v) is 9.97. The molecule has 1 saturated heterocycles. The number of anilines is 1. The molecule has 2 aliphatic rings. The van der Waals surface area contributed by atoms with E-state index in [9.17, 15) is 4.79 Å². The van der Waals surface area contributed by atoms with Crippen LogP contribution in [-0.4, -0.2) is 47.2 Å². The van der Waals surface area contributed by atoms with Crippen LogP contribution in [0.1, 0.15) is 18.9 Å². The fraction of sp³-hybridized carbons (Fsp3) is 0.400. The van der Waals surface area contributed by atoms with Crippen LogP contribution in [0, 0.1) is 0 Å². The van der Waals surface area contributed by atoms with Crippen molar-refractivity contribution >= 4 is 23.5 Å². The zero-order chi connectivity index (χ0) is 18.1. The number of benzene rings is 1. The fourth-order valence-electron chi connectivity index (χ4n) is 3.43. The highest BCUT2D eigenvalue weighted by atomic mass is 32.2. The molecule has 1 fully saturated rings. The monoisotopic (exact) mass is 369 g/mol. The number of ether oxygens (including phenoxy) is 1. The van der Waals surface area contributed by atoms with Gasteiger partial charge in [0, 0.05) is 49.8 Å². The molecule has 2 aliphatic heterocycles. The number of aryl methyl sites for hydroxylation is 1. The molecule has 2 aromatic rings. The molecule has 6 heteroatoms. The fourth-order valence-corrected chi connectivity index (χ4v) is 4.34. The summed E-state index contributed by atoms with van der Waals surface area (Å²) >= 11 is 1.86. The van der Waals surface area contributed by atoms with E-state index in [2.05, 4.69) is 34.4 Å². The largest absolute Gasteiger partial charge is 0.486 e. The Morgan fingerprint density at radius 2 is 2.04 bits per heavy atom. The van der Waals surface area contributed by atoms with Gasteiger partial charge in [-0.2, -0.15) is 0 Å². The molecule has 0 atom stereocenters. The summed E-state index contributed by atoms with van der Waals surface area (Å²) in [6, 6.07) is 8.31. The number of nitrogens with zero attached hydrogens (tertiary/aromatic N) is 3. The summed E-state index contributed by atoms with van der Waals surface area (Å²) in [5.41, 5.74) is 4.38. The van der Waals surface area contributed by atoms with Gasteiger partial charge in [0.15, 0.2) is 0 Å². The summed E-state index contributed by atoms with van der Waals surface area (Å²) in [5.74, 6) is 2.10. The number of carbonyl (C=O) groups excluding carboxylic acids is 1. The van der Waals surface area contributed by atoms with Gasteiger partial charge in [-0.15, -0.1) is 0 Å². The maximum absolute atomic E-state index is 11.9. The Bertz CT molecular complexity index is 820. The minimum atomic E-state index is 0.179. The van der Waals surface area contributed by atoms with Gasteiger partial charge in [-0.25, -0.2) is 4.31 Å². The minimum Gasteiger partial charge on any atom is -0.486 e. The number of aromatic nitrogens is 1. The average molecular weight is 369 g/mol. The Morgan fingerprint density at radius 1 is 1.19 bits per heavy atom. The molecule has 0 unspecified atom stereocenters. The van der Waals surface area contributed by atoms with Gasteiger partial charge in [-0.3, -0.25) is 9.78 Å². The van der Waals surface area contributed by atoms with Crippen LogP contribution in [0.5, 0.6) is 5.75 Å². The number of fused-ring (bicyclic) bond motifs is 1. The zero-order valence-corrected chi connectivity index (χ0v) is 16.0. The van der Waals surface area contributed by atoms with E-state index >= 15 is 0 Å². The highest BCUT2D eigenvalue weighted by molar-refractivity contribution is 7.97. The van der Waals surface area contributed by atoms with Crippen molar-refractivity contribution in [3.05, 3.63) is 42.2 Å². The molecule has 1 aromatic heterocycles. The molecule has 0 bridgehead atoms. The maximum Gasteiger partial charge on any atom is 0.227 e. The summed E-state index contributed by atoms with van der Waals surface area (Å²) in [6.45, 7) is 4.09. The van der Waals surface area contributed by atoms with Crippen LogP contribution in [0.4, 0.5) is 5.69 Å². The summed E-state index contributed by atoms with van der Waals surface area (Å²) in [6.07, 6.45) is 5.26. The predicted octanol–water partition coefficient (Wildman–Crippen LogP) is 3.39. The van der Waals surface area contributed by atoms with Gasteiger partial charge in [0.05, 0.1) is 6.20 Å². The third kappa shape index (κ3) is 3.44. The third-order valence-electron chi connectivity index (χ3n) is 4.90. The van der Waals surface area contributed by atoms with Crippen molar-refractivity contribution in [3.8, 4) is 16.9 Å². The zero-order valence-electron chi connectivity index (χ0n) is 15.1. The molecule has 26 heavy (non-hydrogen) atoms. The van der Waals surface area contributed by atoms with Gasteiger partial charge in [-0.05, 0) is 35.7 Å². The van der Waals surface area contributed by atoms with Gasteiger partial charge in [0.25, 0.3) is 0 Å². The molecule has 3 heterocycles. The Hall–Kier alpha value is -2.05. The molecule has 0 saturated carbocycles. The topological polar surface area (TPSA) is 45.7 Å². The number of amides is 1. The lowest BCUT2D eigenvalue weighted by Crippen LogP contribution is -2.50. The number of carbonyl (C=O) groups is 1. The normalized spacial score (nSPS) is 17.8. The molecule has 5 nitrogen and oxygen atoms in total. The van der Waals surface area contributed by atoms with E-state index < -0.39 is 0 Å². The van der Waals surface area contributed by atoms with Crippen molar-refractivity contribution in [2.24, 2.45) is 0 Å². The highest BCUT2D eigenvalue weighted by Gasteiger charge is 2.28. The van der Waals surface area contributed by atoms with Crippen molar-refractivity contribution < 1.29 is 9.53 Å². The van der Waals surface area contributed by atoms with Gasteiger partial charge in [0.1, 0.15) is 11.9 Å². The number of pyridine rings is 1. The van der Waals surface area contributed by atoms with Gasteiger partial charge < -0.3 is 9.64 Å². The molecule has 136 valence electrons. The SMILES string of the molecule is CCSN1CC(Oc2cncc(-c3ccc4c(c3)CCC(=O)N4C)c2)C1. The van der Waals surface area contributed by atoms with Crippen molar-refractivity contribution in [1.29, 1.82) is 0 Å². The minimum absolute atomic E-state index is 0.179. The Balaban J connectivity index is 1.49. The van der Waals surface area contributed by atoms with E-state index in [1.807, 2.05) is 31.3 Å². The lowest BCUT2D eigenvalue weighted by Gasteiger charge is -2.37. The quantitative estimate of drug-likeness (QED) is 0.756. The lowest BCUT2D eigenvalue weighted by atomic mass is 9.97. The van der Waals surface area contributed by atoms with Crippen LogP contribution >= 0.6 is 11.9 Å². The van der Waals surface area contributed by atoms with Crippen LogP contribution in [-0.2, 0) is 11.2 Å². The van der Waals surface area contributed by atoms with Crippen molar-refractivity contribution in [2.45, 2.75) is 25.9 Å². The van der Waals surface area contributed by atoms with Crippen molar-refractivity contribution in [2.75, 3.05) is 30.8 Å². The van der Waals surface area contributed by atoms with Gasteiger partial charge in [-0.1, -0.05) is 24.9 Å². The van der Waals surface area contributed by atoms with Crippen LogP contribution in [0.3, 0.4) is 0 Å². The summed E-state index contributed by atoms with van der Waals surface area (Å²) < 4.78 is 8.39. The molecule has 0 N–H and O–H groups in total. The van der Waals surface area contributed by atoms with Crippen LogP contribution < -0.4 is 9.64 Å². The van der Waals surface area contributed by atoms with E-state index in [1.165, 1.54) is 5.56 Å². The number of hydrogen-bond acceptors (Lipinski definition) is 5. The summed E-state index contributed by atoms with van der Waals surface area (Å²) in [4.78, 5) is 18.0. The lowest BCUT2D eigenvalue weighted by molar-refractivity contribution is -0.118. The van der Waals surface area contributed by atoms with Crippen molar-refractivity contribution in [3.63, 3.8) is 0 Å². The van der Waals surface area contributed by atoms with Gasteiger partial charge in [0.2, 0.25) is 5.91 Å². The van der Waals surface area contributed by atoms with Gasteiger partial charge >= 0.3 is 0 Å². The Labute approximate surface area is 158 Å². The Morgan fingerprint density at radius 3 is 2.85 bits per heavy atom. The van der Waals surface area contributed by atoms with Crippen molar-refractivity contribution in [1.82, 2.24) is 9.29 Å². The van der Waals surface area contributed by atoms with Crippen LogP contribution in [0.25, 0.3) is 11.1 Å². The second-order valence-electron chi connectivity index (χ2n) is 6.71. The standard InChI is InChI=1S/C20H23N3O2S/c1-3-26-23-12-18(13-23)25-17-9-16(10-21-11-17)14-4-6-19-15(8-14)5-7-20(24)22(19)2/h4,6,8-11,18H,3,5,7,12-13H2,1-2H3. The van der Waals surface area contributed by atoms with E-state index in [4.69, 9.17) is 4.74 Å². The Kier molecular flexibility index (Phi) is 4.87. The van der Waals surface area contributed by atoms with E-state index in [1.54, 1.807) is 11.1 Å². The van der Waals surface area contributed by atoms with E-state index in [0.29, 0.717) is 6.42 Å². The third-order valence-corrected chi connectivity index (χ3v) is 5.82. The molecule has 0 aliphatic carbocycles. The molecule has 0 radical (unpaired) electrons. The van der Waals surface area contributed by atoms with E-state index in [-0.39, 0.29) is 12.0 Å². The molecule has 1 aromatic carbocycles. The molecule has 1 amide bonds. The first-order chi connectivity index (χ1) is 12.6. The first kappa shape index (κ1) is 17.4. The average Bonchev–Trinajstić information content (AvgIpc) is 2.63. The molecule has 4 rings (SSSR count). The molecule has 0 spiro atoms. The maximum atomic E-state index is 11.9. The summed E-state index contributed by atoms with van der Waals surface area (Å²) in [5, 5.41) is 0. The highest BCUT2D eigenvalue weighted by Crippen LogP contribution is 2.32. The first-order valence-electron chi connectivity index (χ1n) is 9.03. The molecular weight excluding hydrogens is 346 g/mol.